The van der Waals surface area contributed by atoms with Crippen molar-refractivity contribution < 1.29 is 23.8 Å². The van der Waals surface area contributed by atoms with Gasteiger partial charge in [-0.2, -0.15) is 0 Å². The van der Waals surface area contributed by atoms with E-state index in [9.17, 15) is 9.59 Å². The number of hydrogen-bond donors (Lipinski definition) is 0. The molecule has 0 aromatic rings. The van der Waals surface area contributed by atoms with Crippen molar-refractivity contribution in [2.45, 2.75) is 116 Å². The largest absolute Gasteiger partial charge is 0.469 e. The van der Waals surface area contributed by atoms with Crippen LogP contribution in [0.15, 0.2) is 0 Å². The van der Waals surface area contributed by atoms with Crippen molar-refractivity contribution in [3.8, 4) is 0 Å². The van der Waals surface area contributed by atoms with E-state index < -0.39 is 0 Å². The van der Waals surface area contributed by atoms with Gasteiger partial charge in [-0.3, -0.25) is 14.5 Å². The van der Waals surface area contributed by atoms with Gasteiger partial charge in [0.2, 0.25) is 0 Å². The minimum Gasteiger partial charge on any atom is -0.469 e. The van der Waals surface area contributed by atoms with Crippen molar-refractivity contribution in [1.29, 1.82) is 0 Å². The lowest BCUT2D eigenvalue weighted by Crippen LogP contribution is -2.69. The van der Waals surface area contributed by atoms with Crippen LogP contribution < -0.4 is 0 Å². The molecule has 3 heterocycles. The van der Waals surface area contributed by atoms with E-state index in [0.29, 0.717) is 24.3 Å². The molecule has 3 saturated heterocycles. The third-order valence-electron chi connectivity index (χ3n) is 11.8. The van der Waals surface area contributed by atoms with E-state index in [-0.39, 0.29) is 58.0 Å². The number of ether oxygens (including phenoxy) is 3. The van der Waals surface area contributed by atoms with Crippen LogP contribution in [0.4, 0.5) is 0 Å². The van der Waals surface area contributed by atoms with Crippen LogP contribution in [0.25, 0.3) is 0 Å². The fourth-order valence-electron chi connectivity index (χ4n) is 10.9. The van der Waals surface area contributed by atoms with Gasteiger partial charge in [-0.05, 0) is 74.5 Å². The van der Waals surface area contributed by atoms with Gasteiger partial charge in [-0.1, -0.05) is 34.1 Å². The molecule has 6 fully saturated rings. The molecule has 3 saturated carbocycles. The summed E-state index contributed by atoms with van der Waals surface area (Å²) >= 11 is 0. The van der Waals surface area contributed by atoms with Gasteiger partial charge in [0.05, 0.1) is 24.0 Å². The zero-order valence-electron chi connectivity index (χ0n) is 22.6. The highest BCUT2D eigenvalue weighted by molar-refractivity contribution is 5.74. The third kappa shape index (κ3) is 3.02. The SMILES string of the molecule is CCCC(=O)O[C@@H]1C[C@H]2C(C)(C)CCC[C@]2(C)[C@H]2CC[C@@H](C(=O)OC)[C@H]3[C@H]4C[C@]5(C)CN4[C@@H](O5)[C@]321. The number of fused-ring (bicyclic) bond motifs is 4. The summed E-state index contributed by atoms with van der Waals surface area (Å²) in [4.78, 5) is 29.0. The van der Waals surface area contributed by atoms with Gasteiger partial charge in [0.15, 0.2) is 0 Å². The molecule has 0 aromatic heterocycles. The molecule has 196 valence electrons. The van der Waals surface area contributed by atoms with Gasteiger partial charge in [-0.25, -0.2) is 0 Å². The molecule has 6 nitrogen and oxygen atoms in total. The Morgan fingerprint density at radius 1 is 1.09 bits per heavy atom. The van der Waals surface area contributed by atoms with Crippen LogP contribution in [0.5, 0.6) is 0 Å². The minimum absolute atomic E-state index is 0.0732. The molecule has 2 bridgehead atoms. The maximum Gasteiger partial charge on any atom is 0.309 e. The molecule has 6 aliphatic rings. The zero-order valence-corrected chi connectivity index (χ0v) is 22.6. The summed E-state index contributed by atoms with van der Waals surface area (Å²) in [5, 5.41) is 0. The normalized spacial score (nSPS) is 51.3. The topological polar surface area (TPSA) is 65.1 Å². The predicted molar refractivity (Wildman–Crippen MR) is 131 cm³/mol. The Labute approximate surface area is 210 Å². The molecule has 0 radical (unpaired) electrons. The number of nitrogens with zero attached hydrogens (tertiary/aromatic N) is 1. The zero-order chi connectivity index (χ0) is 25.0. The van der Waals surface area contributed by atoms with E-state index in [1.54, 1.807) is 0 Å². The van der Waals surface area contributed by atoms with Gasteiger partial charge >= 0.3 is 11.9 Å². The first-order chi connectivity index (χ1) is 16.5. The molecule has 0 unspecified atom stereocenters. The van der Waals surface area contributed by atoms with Gasteiger partial charge in [-0.15, -0.1) is 0 Å². The van der Waals surface area contributed by atoms with Crippen LogP contribution in [0, 0.1) is 39.9 Å². The fraction of sp³-hybridized carbons (Fsp3) is 0.931. The summed E-state index contributed by atoms with van der Waals surface area (Å²) in [6, 6.07) is 0.301. The standard InChI is InChI=1S/C29H45NO5/c1-7-9-22(31)34-21-14-20-26(2,3)12-8-13-28(20,5)19-11-10-17(24(32)33-6)23-18-15-27(4)16-30(18)25(35-27)29(19,21)23/h17-21,23,25H,7-16H2,1-6H3/t17-,18-,19-,20+,21-,23+,25+,27-,28-,29-/m1/s1. The summed E-state index contributed by atoms with van der Waals surface area (Å²) in [5.74, 6) is 0.662. The van der Waals surface area contributed by atoms with E-state index in [2.05, 4.69) is 32.6 Å². The molecule has 3 aliphatic carbocycles. The van der Waals surface area contributed by atoms with E-state index in [4.69, 9.17) is 14.2 Å². The lowest BCUT2D eigenvalue weighted by Gasteiger charge is -2.68. The molecule has 0 N–H and O–H groups in total. The average molecular weight is 488 g/mol. The number of carbonyl (C=O) groups excluding carboxylic acids is 2. The molecule has 0 aromatic carbocycles. The molecule has 1 spiro atoms. The monoisotopic (exact) mass is 487 g/mol. The average Bonchev–Trinajstić information content (AvgIpc) is 3.36. The Morgan fingerprint density at radius 2 is 1.86 bits per heavy atom. The summed E-state index contributed by atoms with van der Waals surface area (Å²) in [5.41, 5.74) is -0.157. The minimum atomic E-state index is -0.349. The second kappa shape index (κ2) is 7.69. The van der Waals surface area contributed by atoms with E-state index in [1.807, 2.05) is 6.92 Å². The van der Waals surface area contributed by atoms with Crippen molar-refractivity contribution >= 4 is 11.9 Å². The summed E-state index contributed by atoms with van der Waals surface area (Å²) in [6.45, 7) is 12.6. The van der Waals surface area contributed by atoms with Crippen molar-refractivity contribution in [3.05, 3.63) is 0 Å². The van der Waals surface area contributed by atoms with Crippen LogP contribution >= 0.6 is 0 Å². The summed E-state index contributed by atoms with van der Waals surface area (Å²) < 4.78 is 18.9. The highest BCUT2D eigenvalue weighted by atomic mass is 16.6. The van der Waals surface area contributed by atoms with Crippen molar-refractivity contribution in [1.82, 2.24) is 4.90 Å². The van der Waals surface area contributed by atoms with Crippen LogP contribution in [0.3, 0.4) is 0 Å². The number of esters is 2. The molecular weight excluding hydrogens is 442 g/mol. The second-order valence-electron chi connectivity index (χ2n) is 14.0. The Balaban J connectivity index is 1.54. The van der Waals surface area contributed by atoms with Crippen molar-refractivity contribution in [2.75, 3.05) is 13.7 Å². The third-order valence-corrected chi connectivity index (χ3v) is 11.8. The van der Waals surface area contributed by atoms with E-state index in [1.165, 1.54) is 26.4 Å². The highest BCUT2D eigenvalue weighted by Crippen LogP contribution is 2.76. The van der Waals surface area contributed by atoms with Crippen molar-refractivity contribution in [3.63, 3.8) is 0 Å². The van der Waals surface area contributed by atoms with Gasteiger partial charge in [0, 0.05) is 24.9 Å². The fourth-order valence-corrected chi connectivity index (χ4v) is 10.9. The van der Waals surface area contributed by atoms with Crippen LogP contribution in [-0.4, -0.2) is 54.5 Å². The summed E-state index contributed by atoms with van der Waals surface area (Å²) in [7, 11) is 1.53. The Bertz CT molecular complexity index is 919. The van der Waals surface area contributed by atoms with Crippen LogP contribution in [0.2, 0.25) is 0 Å². The Morgan fingerprint density at radius 3 is 2.54 bits per heavy atom. The molecule has 6 heteroatoms. The molecule has 10 atom stereocenters. The quantitative estimate of drug-likeness (QED) is 0.524. The number of hydrogen-bond acceptors (Lipinski definition) is 6. The van der Waals surface area contributed by atoms with Gasteiger partial charge < -0.3 is 14.2 Å². The predicted octanol–water partition coefficient (Wildman–Crippen LogP) is 4.94. The summed E-state index contributed by atoms with van der Waals surface area (Å²) in [6.07, 6.45) is 8.33. The number of rotatable bonds is 4. The first kappa shape index (κ1) is 24.2. The van der Waals surface area contributed by atoms with Gasteiger partial charge in [0.25, 0.3) is 0 Å². The molecule has 0 amide bonds. The number of carbonyl (C=O) groups is 2. The van der Waals surface area contributed by atoms with E-state index >= 15 is 0 Å². The molecule has 3 aliphatic heterocycles. The molecular formula is C29H45NO5. The molecule has 6 rings (SSSR count). The Kier molecular flexibility index (Phi) is 5.32. The Hall–Kier alpha value is -1.14. The second-order valence-corrected chi connectivity index (χ2v) is 14.0. The molecule has 35 heavy (non-hydrogen) atoms. The van der Waals surface area contributed by atoms with Crippen LogP contribution in [-0.2, 0) is 23.8 Å². The lowest BCUT2D eigenvalue weighted by atomic mass is 9.37. The maximum atomic E-state index is 13.3. The van der Waals surface area contributed by atoms with Crippen LogP contribution in [0.1, 0.15) is 92.4 Å². The highest BCUT2D eigenvalue weighted by Gasteiger charge is 2.81. The first-order valence-corrected chi connectivity index (χ1v) is 14.2. The lowest BCUT2D eigenvalue weighted by molar-refractivity contribution is -0.268. The van der Waals surface area contributed by atoms with Gasteiger partial charge in [0.1, 0.15) is 12.3 Å². The van der Waals surface area contributed by atoms with E-state index in [0.717, 1.165) is 38.6 Å². The smallest absolute Gasteiger partial charge is 0.309 e. The number of methoxy groups -OCH3 is 1. The first-order valence-electron chi connectivity index (χ1n) is 14.2. The maximum absolute atomic E-state index is 13.3. The van der Waals surface area contributed by atoms with Crippen molar-refractivity contribution in [2.24, 2.45) is 39.9 Å².